The zero-order valence-corrected chi connectivity index (χ0v) is 14.7. The van der Waals surface area contributed by atoms with Crippen LogP contribution in [0.3, 0.4) is 0 Å². The van der Waals surface area contributed by atoms with Crippen molar-refractivity contribution in [1.82, 2.24) is 15.3 Å². The molecule has 4 aromatic rings. The lowest BCUT2D eigenvalue weighted by Gasteiger charge is -2.07. The van der Waals surface area contributed by atoms with Crippen LogP contribution in [0.4, 0.5) is 0 Å². The summed E-state index contributed by atoms with van der Waals surface area (Å²) in [4.78, 5) is 21.0. The molecule has 3 aromatic heterocycles. The summed E-state index contributed by atoms with van der Waals surface area (Å²) < 4.78 is 12.0. The molecule has 1 aromatic carbocycles. The number of para-hydroxylation sites is 1. The van der Waals surface area contributed by atoms with Gasteiger partial charge >= 0.3 is 0 Å². The van der Waals surface area contributed by atoms with Crippen molar-refractivity contribution >= 4 is 27.5 Å². The summed E-state index contributed by atoms with van der Waals surface area (Å²) in [5.41, 5.74) is 1.71. The van der Waals surface area contributed by atoms with E-state index in [1.54, 1.807) is 31.5 Å². The first-order chi connectivity index (χ1) is 12.7. The topological polar surface area (TPSA) is 77.2 Å². The predicted octanol–water partition coefficient (Wildman–Crippen LogP) is 3.89. The number of furan rings is 1. The molecule has 26 heavy (non-hydrogen) atoms. The average molecular weight is 365 g/mol. The maximum Gasteiger partial charge on any atom is 0.287 e. The summed E-state index contributed by atoms with van der Waals surface area (Å²) in [6.45, 7) is 0.299. The van der Waals surface area contributed by atoms with Crippen LogP contribution in [-0.4, -0.2) is 23.0 Å². The Hall–Kier alpha value is -3.19. The lowest BCUT2D eigenvalue weighted by molar-refractivity contribution is 0.0923. The van der Waals surface area contributed by atoms with Gasteiger partial charge in [-0.15, -0.1) is 11.3 Å². The fraction of sp³-hybridized carbons (Fsp3) is 0.105. The number of hydrogen-bond acceptors (Lipinski definition) is 6. The minimum Gasteiger partial charge on any atom is -0.481 e. The number of nitrogens with one attached hydrogen (secondary N) is 1. The molecule has 0 saturated carbocycles. The fourth-order valence-electron chi connectivity index (χ4n) is 2.56. The van der Waals surface area contributed by atoms with Gasteiger partial charge in [-0.2, -0.15) is 0 Å². The molecule has 6 nitrogen and oxygen atoms in total. The maximum atomic E-state index is 12.4. The standard InChI is InChI=1S/C19H15N3O3S/c1-24-18-12(5-4-10-20-18)11-21-17(23)14-8-9-15(25-14)19-22-13-6-2-3-7-16(13)26-19/h2-10H,11H2,1H3,(H,21,23). The number of amides is 1. The summed E-state index contributed by atoms with van der Waals surface area (Å²) >= 11 is 1.53. The monoisotopic (exact) mass is 365 g/mol. The van der Waals surface area contributed by atoms with Crippen LogP contribution in [0, 0.1) is 0 Å². The van der Waals surface area contributed by atoms with Crippen LogP contribution in [0.25, 0.3) is 21.0 Å². The summed E-state index contributed by atoms with van der Waals surface area (Å²) in [5.74, 6) is 1.00. The van der Waals surface area contributed by atoms with Gasteiger partial charge in [0.05, 0.1) is 17.3 Å². The number of thiazole rings is 1. The predicted molar refractivity (Wildman–Crippen MR) is 99.3 cm³/mol. The molecule has 0 spiro atoms. The van der Waals surface area contributed by atoms with Gasteiger partial charge in [0.1, 0.15) is 0 Å². The van der Waals surface area contributed by atoms with E-state index in [2.05, 4.69) is 15.3 Å². The van der Waals surface area contributed by atoms with Crippen LogP contribution in [0.15, 0.2) is 59.1 Å². The van der Waals surface area contributed by atoms with Crippen molar-refractivity contribution in [3.8, 4) is 16.6 Å². The number of benzene rings is 1. The molecule has 0 unspecified atom stereocenters. The highest BCUT2D eigenvalue weighted by atomic mass is 32.1. The van der Waals surface area contributed by atoms with E-state index in [0.29, 0.717) is 18.2 Å². The highest BCUT2D eigenvalue weighted by Gasteiger charge is 2.15. The average Bonchev–Trinajstić information content (AvgIpc) is 3.33. The molecule has 0 atom stereocenters. The van der Waals surface area contributed by atoms with Crippen LogP contribution >= 0.6 is 11.3 Å². The van der Waals surface area contributed by atoms with Gasteiger partial charge in [0.15, 0.2) is 16.5 Å². The van der Waals surface area contributed by atoms with E-state index in [4.69, 9.17) is 9.15 Å². The number of carbonyl (C=O) groups excluding carboxylic acids is 1. The van der Waals surface area contributed by atoms with Crippen molar-refractivity contribution in [3.63, 3.8) is 0 Å². The van der Waals surface area contributed by atoms with Gasteiger partial charge in [-0.05, 0) is 30.3 Å². The lowest BCUT2D eigenvalue weighted by Crippen LogP contribution is -2.22. The van der Waals surface area contributed by atoms with Crippen molar-refractivity contribution in [2.45, 2.75) is 6.54 Å². The maximum absolute atomic E-state index is 12.4. The molecule has 0 radical (unpaired) electrons. The first-order valence-corrected chi connectivity index (χ1v) is 8.78. The Bertz CT molecular complexity index is 1040. The number of nitrogens with zero attached hydrogens (tertiary/aromatic N) is 2. The zero-order valence-electron chi connectivity index (χ0n) is 13.9. The smallest absolute Gasteiger partial charge is 0.287 e. The normalized spacial score (nSPS) is 10.8. The van der Waals surface area contributed by atoms with E-state index in [0.717, 1.165) is 20.8 Å². The van der Waals surface area contributed by atoms with E-state index < -0.39 is 0 Å². The van der Waals surface area contributed by atoms with E-state index in [1.807, 2.05) is 30.3 Å². The van der Waals surface area contributed by atoms with Crippen molar-refractivity contribution < 1.29 is 13.9 Å². The Labute approximate surface area is 153 Å². The minimum absolute atomic E-state index is 0.238. The summed E-state index contributed by atoms with van der Waals surface area (Å²) in [5, 5.41) is 3.56. The van der Waals surface area contributed by atoms with Crippen molar-refractivity contribution in [1.29, 1.82) is 0 Å². The number of fused-ring (bicyclic) bond motifs is 1. The van der Waals surface area contributed by atoms with E-state index in [9.17, 15) is 4.79 Å². The third-order valence-electron chi connectivity index (χ3n) is 3.82. The molecule has 0 saturated heterocycles. The van der Waals surface area contributed by atoms with Gasteiger partial charge in [-0.25, -0.2) is 9.97 Å². The number of aromatic nitrogens is 2. The quantitative estimate of drug-likeness (QED) is 0.581. The van der Waals surface area contributed by atoms with Crippen molar-refractivity contribution in [3.05, 3.63) is 66.1 Å². The lowest BCUT2D eigenvalue weighted by atomic mass is 10.2. The molecule has 0 fully saturated rings. The highest BCUT2D eigenvalue weighted by Crippen LogP contribution is 2.31. The van der Waals surface area contributed by atoms with E-state index in [1.165, 1.54) is 11.3 Å². The van der Waals surface area contributed by atoms with Crippen LogP contribution in [0.1, 0.15) is 16.1 Å². The van der Waals surface area contributed by atoms with Gasteiger partial charge in [-0.3, -0.25) is 4.79 Å². The Kier molecular flexibility index (Phi) is 4.37. The second kappa shape index (κ2) is 6.97. The fourth-order valence-corrected chi connectivity index (χ4v) is 3.48. The Morgan fingerprint density at radius 3 is 2.92 bits per heavy atom. The van der Waals surface area contributed by atoms with Gasteiger partial charge < -0.3 is 14.5 Å². The summed E-state index contributed by atoms with van der Waals surface area (Å²) in [6.07, 6.45) is 1.64. The Morgan fingerprint density at radius 1 is 1.19 bits per heavy atom. The molecule has 1 amide bonds. The Balaban J connectivity index is 1.49. The molecular weight excluding hydrogens is 350 g/mol. The third-order valence-corrected chi connectivity index (χ3v) is 4.87. The molecule has 0 aliphatic heterocycles. The molecule has 0 aliphatic rings. The number of rotatable bonds is 5. The molecule has 4 rings (SSSR count). The van der Waals surface area contributed by atoms with Crippen LogP contribution in [0.2, 0.25) is 0 Å². The van der Waals surface area contributed by atoms with Gasteiger partial charge in [-0.1, -0.05) is 18.2 Å². The Morgan fingerprint density at radius 2 is 2.08 bits per heavy atom. The summed E-state index contributed by atoms with van der Waals surface area (Å²) in [6, 6.07) is 14.9. The largest absolute Gasteiger partial charge is 0.481 e. The molecule has 1 N–H and O–H groups in total. The molecule has 130 valence electrons. The molecule has 0 aliphatic carbocycles. The number of pyridine rings is 1. The van der Waals surface area contributed by atoms with Gasteiger partial charge in [0.25, 0.3) is 5.91 Å². The van der Waals surface area contributed by atoms with Crippen LogP contribution < -0.4 is 10.1 Å². The third kappa shape index (κ3) is 3.16. The van der Waals surface area contributed by atoms with Crippen LogP contribution in [-0.2, 0) is 6.54 Å². The second-order valence-corrected chi connectivity index (χ2v) is 6.54. The van der Waals surface area contributed by atoms with Gasteiger partial charge in [0.2, 0.25) is 5.88 Å². The van der Waals surface area contributed by atoms with Gasteiger partial charge in [0, 0.05) is 18.3 Å². The molecule has 0 bridgehead atoms. The number of hydrogen-bond donors (Lipinski definition) is 1. The zero-order chi connectivity index (χ0) is 17.9. The van der Waals surface area contributed by atoms with Crippen molar-refractivity contribution in [2.24, 2.45) is 0 Å². The highest BCUT2D eigenvalue weighted by molar-refractivity contribution is 7.21. The first-order valence-electron chi connectivity index (χ1n) is 7.96. The second-order valence-electron chi connectivity index (χ2n) is 5.51. The van der Waals surface area contributed by atoms with E-state index in [-0.39, 0.29) is 11.7 Å². The van der Waals surface area contributed by atoms with Crippen molar-refractivity contribution in [2.75, 3.05) is 7.11 Å². The number of ether oxygens (including phenoxy) is 1. The SMILES string of the molecule is COc1ncccc1CNC(=O)c1ccc(-c2nc3ccccc3s2)o1. The molecular formula is C19H15N3O3S. The van der Waals surface area contributed by atoms with E-state index >= 15 is 0 Å². The van der Waals surface area contributed by atoms with Crippen LogP contribution in [0.5, 0.6) is 5.88 Å². The minimum atomic E-state index is -0.303. The number of carbonyl (C=O) groups is 1. The first kappa shape index (κ1) is 16.3. The number of methoxy groups -OCH3 is 1. The molecule has 7 heteroatoms. The molecule has 3 heterocycles. The summed E-state index contributed by atoms with van der Waals surface area (Å²) in [7, 11) is 1.55.